The van der Waals surface area contributed by atoms with Crippen LogP contribution in [-0.2, 0) is 12.8 Å². The van der Waals surface area contributed by atoms with Gasteiger partial charge in [0.25, 0.3) is 0 Å². The second-order valence-electron chi connectivity index (χ2n) is 4.12. The van der Waals surface area contributed by atoms with Crippen LogP contribution >= 0.6 is 15.9 Å². The fourth-order valence-electron chi connectivity index (χ4n) is 1.75. The highest BCUT2D eigenvalue weighted by Gasteiger charge is 2.12. The Labute approximate surface area is 113 Å². The maximum atomic E-state index is 4.68. The first-order valence-corrected chi connectivity index (χ1v) is 7.27. The van der Waals surface area contributed by atoms with Gasteiger partial charge in [0.1, 0.15) is 10.4 Å². The van der Waals surface area contributed by atoms with Crippen LogP contribution in [0.1, 0.15) is 51.9 Å². The molecule has 1 aromatic rings. The van der Waals surface area contributed by atoms with Gasteiger partial charge in [-0.25, -0.2) is 9.97 Å². The van der Waals surface area contributed by atoms with Crippen molar-refractivity contribution in [3.8, 4) is 0 Å². The highest BCUT2D eigenvalue weighted by molar-refractivity contribution is 9.10. The molecule has 0 fully saturated rings. The van der Waals surface area contributed by atoms with Crippen molar-refractivity contribution in [2.24, 2.45) is 0 Å². The van der Waals surface area contributed by atoms with Crippen LogP contribution in [0.25, 0.3) is 0 Å². The third kappa shape index (κ3) is 3.66. The summed E-state index contributed by atoms with van der Waals surface area (Å²) < 4.78 is 0.881. The zero-order valence-corrected chi connectivity index (χ0v) is 12.8. The van der Waals surface area contributed by atoms with Gasteiger partial charge in [-0.1, -0.05) is 27.7 Å². The summed E-state index contributed by atoms with van der Waals surface area (Å²) in [4.78, 5) is 9.25. The molecule has 4 heteroatoms. The van der Waals surface area contributed by atoms with Crippen molar-refractivity contribution in [2.75, 3.05) is 5.32 Å². The van der Waals surface area contributed by atoms with E-state index in [1.54, 1.807) is 0 Å². The molecule has 0 amide bonds. The largest absolute Gasteiger partial charge is 0.366 e. The second-order valence-corrected chi connectivity index (χ2v) is 4.87. The minimum Gasteiger partial charge on any atom is -0.366 e. The Hall–Kier alpha value is -0.640. The van der Waals surface area contributed by atoms with Gasteiger partial charge in [-0.05, 0) is 41.6 Å². The first-order valence-electron chi connectivity index (χ1n) is 6.47. The second kappa shape index (κ2) is 6.94. The molecule has 1 aromatic heterocycles. The van der Waals surface area contributed by atoms with Crippen molar-refractivity contribution in [1.82, 2.24) is 9.97 Å². The lowest BCUT2D eigenvalue weighted by atomic mass is 10.1. The molecule has 0 aromatic carbocycles. The molecule has 1 N–H and O–H groups in total. The molecule has 17 heavy (non-hydrogen) atoms. The Bertz CT molecular complexity index is 362. The zero-order chi connectivity index (χ0) is 12.8. The molecule has 0 saturated heterocycles. The molecule has 0 aliphatic rings. The van der Waals surface area contributed by atoms with Gasteiger partial charge < -0.3 is 5.32 Å². The topological polar surface area (TPSA) is 37.8 Å². The van der Waals surface area contributed by atoms with E-state index in [4.69, 9.17) is 0 Å². The number of nitrogens with zero attached hydrogens (tertiary/aromatic N) is 2. The summed E-state index contributed by atoms with van der Waals surface area (Å²) in [6.45, 7) is 8.60. The molecule has 0 spiro atoms. The summed E-state index contributed by atoms with van der Waals surface area (Å²) in [6.07, 6.45) is 4.02. The molecule has 0 bridgehead atoms. The first kappa shape index (κ1) is 14.4. The van der Waals surface area contributed by atoms with Crippen LogP contribution in [0.5, 0.6) is 0 Å². The van der Waals surface area contributed by atoms with Crippen LogP contribution in [0.3, 0.4) is 0 Å². The molecule has 0 aliphatic carbocycles. The first-order chi connectivity index (χ1) is 8.15. The van der Waals surface area contributed by atoms with Crippen molar-refractivity contribution < 1.29 is 0 Å². The van der Waals surface area contributed by atoms with E-state index >= 15 is 0 Å². The quantitative estimate of drug-likeness (QED) is 0.864. The van der Waals surface area contributed by atoms with Gasteiger partial charge >= 0.3 is 0 Å². The maximum Gasteiger partial charge on any atom is 0.148 e. The summed E-state index contributed by atoms with van der Waals surface area (Å²) in [7, 11) is 0. The van der Waals surface area contributed by atoms with E-state index in [1.807, 2.05) is 0 Å². The van der Waals surface area contributed by atoms with Crippen molar-refractivity contribution in [3.63, 3.8) is 0 Å². The lowest BCUT2D eigenvalue weighted by Gasteiger charge is -2.18. The van der Waals surface area contributed by atoms with Crippen LogP contribution in [0.4, 0.5) is 5.82 Å². The van der Waals surface area contributed by atoms with Crippen molar-refractivity contribution in [3.05, 3.63) is 16.0 Å². The van der Waals surface area contributed by atoms with Crippen molar-refractivity contribution in [2.45, 2.75) is 59.4 Å². The Morgan fingerprint density at radius 2 is 1.59 bits per heavy atom. The van der Waals surface area contributed by atoms with Gasteiger partial charge in [-0.2, -0.15) is 0 Å². The molecule has 96 valence electrons. The fraction of sp³-hybridized carbons (Fsp3) is 0.692. The van der Waals surface area contributed by atoms with E-state index < -0.39 is 0 Å². The van der Waals surface area contributed by atoms with E-state index in [0.717, 1.165) is 47.5 Å². The minimum atomic E-state index is 0.487. The number of aromatic nitrogens is 2. The molecular weight excluding hydrogens is 278 g/mol. The molecule has 1 rings (SSSR count). The Morgan fingerprint density at radius 3 is 2.06 bits per heavy atom. The maximum absolute atomic E-state index is 4.68. The number of hydrogen-bond acceptors (Lipinski definition) is 3. The molecule has 0 unspecified atom stereocenters. The number of hydrogen-bond donors (Lipinski definition) is 1. The molecule has 3 nitrogen and oxygen atoms in total. The van der Waals surface area contributed by atoms with Crippen LogP contribution in [0, 0.1) is 0 Å². The summed E-state index contributed by atoms with van der Waals surface area (Å²) in [5.41, 5.74) is 2.07. The van der Waals surface area contributed by atoms with Crippen LogP contribution in [0.15, 0.2) is 4.60 Å². The van der Waals surface area contributed by atoms with Crippen LogP contribution in [0.2, 0.25) is 0 Å². The third-order valence-corrected chi connectivity index (χ3v) is 3.62. The van der Waals surface area contributed by atoms with Gasteiger partial charge in [0.05, 0.1) is 11.4 Å². The fourth-order valence-corrected chi connectivity index (χ4v) is 2.34. The van der Waals surface area contributed by atoms with Crippen LogP contribution < -0.4 is 5.32 Å². The Morgan fingerprint density at radius 1 is 1.00 bits per heavy atom. The third-order valence-electron chi connectivity index (χ3n) is 2.99. The SMILES string of the molecule is CCc1nc(NC(CC)CC)c(CC)nc1Br. The monoisotopic (exact) mass is 299 g/mol. The lowest BCUT2D eigenvalue weighted by Crippen LogP contribution is -2.20. The van der Waals surface area contributed by atoms with Gasteiger partial charge in [-0.3, -0.25) is 0 Å². The van der Waals surface area contributed by atoms with Gasteiger partial charge in [-0.15, -0.1) is 0 Å². The highest BCUT2D eigenvalue weighted by atomic mass is 79.9. The minimum absolute atomic E-state index is 0.487. The van der Waals surface area contributed by atoms with E-state index in [1.165, 1.54) is 0 Å². The van der Waals surface area contributed by atoms with E-state index in [-0.39, 0.29) is 0 Å². The standard InChI is InChI=1S/C13H22BrN3/c1-5-9(6-2)15-13-11(8-4)16-12(14)10(7-3)17-13/h9H,5-8H2,1-4H3,(H,15,17). The Kier molecular flexibility index (Phi) is 5.89. The summed E-state index contributed by atoms with van der Waals surface area (Å²) in [5, 5.41) is 3.51. The van der Waals surface area contributed by atoms with Gasteiger partial charge in [0, 0.05) is 6.04 Å². The average Bonchev–Trinajstić information content (AvgIpc) is 2.36. The molecule has 0 saturated carbocycles. The number of halogens is 1. The van der Waals surface area contributed by atoms with Crippen molar-refractivity contribution in [1.29, 1.82) is 0 Å². The Balaban J connectivity index is 3.03. The van der Waals surface area contributed by atoms with E-state index in [2.05, 4.69) is 58.9 Å². The summed E-state index contributed by atoms with van der Waals surface area (Å²) in [6, 6.07) is 0.487. The lowest BCUT2D eigenvalue weighted by molar-refractivity contribution is 0.664. The van der Waals surface area contributed by atoms with Crippen LogP contribution in [-0.4, -0.2) is 16.0 Å². The average molecular weight is 300 g/mol. The predicted molar refractivity (Wildman–Crippen MR) is 76.5 cm³/mol. The number of aryl methyl sites for hydroxylation is 2. The van der Waals surface area contributed by atoms with Gasteiger partial charge in [0.2, 0.25) is 0 Å². The normalized spacial score (nSPS) is 10.9. The number of nitrogens with one attached hydrogen (secondary N) is 1. The van der Waals surface area contributed by atoms with Crippen molar-refractivity contribution >= 4 is 21.7 Å². The smallest absolute Gasteiger partial charge is 0.148 e. The molecule has 0 radical (unpaired) electrons. The highest BCUT2D eigenvalue weighted by Crippen LogP contribution is 2.21. The molecular formula is C13H22BrN3. The summed E-state index contributed by atoms with van der Waals surface area (Å²) in [5.74, 6) is 0.959. The zero-order valence-electron chi connectivity index (χ0n) is 11.2. The molecule has 0 atom stereocenters. The molecule has 0 aliphatic heterocycles. The predicted octanol–water partition coefficient (Wildman–Crippen LogP) is 3.96. The number of anilines is 1. The van der Waals surface area contributed by atoms with E-state index in [9.17, 15) is 0 Å². The molecule has 1 heterocycles. The number of rotatable bonds is 6. The summed E-state index contributed by atoms with van der Waals surface area (Å²) >= 11 is 3.48. The van der Waals surface area contributed by atoms with Gasteiger partial charge in [0.15, 0.2) is 0 Å². The van der Waals surface area contributed by atoms with E-state index in [0.29, 0.717) is 6.04 Å².